The number of methoxy groups -OCH3 is 1. The Balaban J connectivity index is 1.78. The Bertz CT molecular complexity index is 1300. The Morgan fingerprint density at radius 1 is 1.00 bits per heavy atom. The highest BCUT2D eigenvalue weighted by atomic mass is 19.1. The maximum Gasteiger partial charge on any atom is 0.337 e. The molecule has 0 fully saturated rings. The Morgan fingerprint density at radius 2 is 1.70 bits per heavy atom. The fourth-order valence-corrected chi connectivity index (χ4v) is 3.34. The number of halogens is 1. The van der Waals surface area contributed by atoms with Crippen LogP contribution in [0.3, 0.4) is 0 Å². The summed E-state index contributed by atoms with van der Waals surface area (Å²) in [5.41, 5.74) is 6.72. The number of hydrogen-bond acceptors (Lipinski definition) is 6. The fourth-order valence-electron chi connectivity index (χ4n) is 3.34. The van der Waals surface area contributed by atoms with Crippen molar-refractivity contribution in [3.63, 3.8) is 0 Å². The predicted octanol–water partition coefficient (Wildman–Crippen LogP) is 1.90. The van der Waals surface area contributed by atoms with Crippen molar-refractivity contribution >= 4 is 23.6 Å². The van der Waals surface area contributed by atoms with Gasteiger partial charge in [-0.3, -0.25) is 24.3 Å². The molecule has 3 N–H and O–H groups in total. The smallest absolute Gasteiger partial charge is 0.337 e. The number of rotatable bonds is 3. The van der Waals surface area contributed by atoms with Crippen LogP contribution in [0.25, 0.3) is 16.8 Å². The van der Waals surface area contributed by atoms with E-state index in [1.807, 2.05) is 0 Å². The van der Waals surface area contributed by atoms with Gasteiger partial charge in [-0.25, -0.2) is 9.18 Å². The molecule has 0 saturated carbocycles. The second kappa shape index (κ2) is 6.96. The lowest BCUT2D eigenvalue weighted by Gasteiger charge is -2.13. The number of imide groups is 1. The molecule has 150 valence electrons. The number of nitrogens with one attached hydrogen (secondary N) is 1. The molecule has 2 amide bonds. The molecule has 0 saturated heterocycles. The van der Waals surface area contributed by atoms with Gasteiger partial charge in [-0.05, 0) is 41.5 Å². The molecule has 1 aliphatic rings. The molecule has 30 heavy (non-hydrogen) atoms. The number of ether oxygens (including phenoxy) is 1. The number of anilines is 1. The van der Waals surface area contributed by atoms with Crippen LogP contribution in [-0.4, -0.2) is 29.5 Å². The molecule has 0 unspecified atom stereocenters. The molecule has 0 atom stereocenters. The first-order chi connectivity index (χ1) is 14.3. The number of nitrogens with zero attached hydrogens (tertiary/aromatic N) is 1. The summed E-state index contributed by atoms with van der Waals surface area (Å²) >= 11 is 0. The summed E-state index contributed by atoms with van der Waals surface area (Å²) in [5, 5.41) is 2.10. The van der Waals surface area contributed by atoms with Crippen molar-refractivity contribution in [3.8, 4) is 16.8 Å². The normalized spacial score (nSPS) is 12.5. The van der Waals surface area contributed by atoms with Gasteiger partial charge in [0.25, 0.3) is 17.4 Å². The van der Waals surface area contributed by atoms with E-state index in [0.717, 1.165) is 16.7 Å². The first-order valence-corrected chi connectivity index (χ1v) is 8.71. The van der Waals surface area contributed by atoms with E-state index in [1.165, 1.54) is 19.2 Å². The number of pyridine rings is 1. The summed E-state index contributed by atoms with van der Waals surface area (Å²) in [6.07, 6.45) is 0. The number of carbonyl (C=O) groups excluding carboxylic acids is 3. The van der Waals surface area contributed by atoms with E-state index < -0.39 is 29.2 Å². The van der Waals surface area contributed by atoms with Crippen LogP contribution < -0.4 is 16.6 Å². The highest BCUT2D eigenvalue weighted by Gasteiger charge is 2.31. The summed E-state index contributed by atoms with van der Waals surface area (Å²) < 4.78 is 19.6. The first kappa shape index (κ1) is 19.1. The molecule has 3 aromatic rings. The van der Waals surface area contributed by atoms with Crippen molar-refractivity contribution in [2.45, 2.75) is 0 Å². The molecule has 1 aliphatic heterocycles. The fraction of sp³-hybridized carbons (Fsp3) is 0.0476. The van der Waals surface area contributed by atoms with Crippen LogP contribution in [-0.2, 0) is 4.74 Å². The first-order valence-electron chi connectivity index (χ1n) is 8.71. The molecule has 2 heterocycles. The number of nitrogen functional groups attached to an aromatic ring is 1. The standard InChI is InChI=1S/C21H14FN3O5/c1-30-21(29)12-6-11(7-13(22)8-12)10-2-4-14(5-3-10)25-16(26)9-15-17(18(25)23)20(28)24-19(15)27/h2-9H,23H2,1H3,(H,24,27,28). The summed E-state index contributed by atoms with van der Waals surface area (Å²) in [5.74, 6) is -2.78. The van der Waals surface area contributed by atoms with Crippen molar-refractivity contribution in [1.29, 1.82) is 0 Å². The van der Waals surface area contributed by atoms with E-state index in [0.29, 0.717) is 16.8 Å². The van der Waals surface area contributed by atoms with Crippen molar-refractivity contribution < 1.29 is 23.5 Å². The average Bonchev–Trinajstić information content (AvgIpc) is 3.00. The predicted molar refractivity (Wildman–Crippen MR) is 105 cm³/mol. The van der Waals surface area contributed by atoms with Crippen molar-refractivity contribution in [2.24, 2.45) is 0 Å². The van der Waals surface area contributed by atoms with E-state index in [9.17, 15) is 23.6 Å². The van der Waals surface area contributed by atoms with E-state index in [2.05, 4.69) is 10.1 Å². The molecule has 1 aromatic heterocycles. The Labute approximate surface area is 168 Å². The lowest BCUT2D eigenvalue weighted by atomic mass is 10.0. The van der Waals surface area contributed by atoms with E-state index >= 15 is 0 Å². The minimum atomic E-state index is -0.673. The Morgan fingerprint density at radius 3 is 2.37 bits per heavy atom. The van der Waals surface area contributed by atoms with Gasteiger partial charge in [0.1, 0.15) is 11.6 Å². The quantitative estimate of drug-likeness (QED) is 0.505. The third-order valence-electron chi connectivity index (χ3n) is 4.73. The molecule has 0 radical (unpaired) electrons. The molecular formula is C21H14FN3O5. The monoisotopic (exact) mass is 407 g/mol. The maximum atomic E-state index is 13.9. The number of aromatic nitrogens is 1. The maximum absolute atomic E-state index is 13.9. The lowest BCUT2D eigenvalue weighted by Crippen LogP contribution is -2.24. The molecule has 0 bridgehead atoms. The summed E-state index contributed by atoms with van der Waals surface area (Å²) in [6.45, 7) is 0. The number of amides is 2. The third-order valence-corrected chi connectivity index (χ3v) is 4.73. The topological polar surface area (TPSA) is 120 Å². The van der Waals surface area contributed by atoms with Crippen molar-refractivity contribution in [1.82, 2.24) is 9.88 Å². The summed E-state index contributed by atoms with van der Waals surface area (Å²) in [4.78, 5) is 47.9. The molecule has 9 heteroatoms. The summed E-state index contributed by atoms with van der Waals surface area (Å²) in [6, 6.07) is 11.2. The SMILES string of the molecule is COC(=O)c1cc(F)cc(-c2ccc(-n3c(N)c4c(cc3=O)C(=O)NC4=O)cc2)c1. The molecule has 8 nitrogen and oxygen atoms in total. The number of benzene rings is 2. The van der Waals surface area contributed by atoms with Gasteiger partial charge in [0.2, 0.25) is 0 Å². The molecule has 4 rings (SSSR count). The molecule has 2 aromatic carbocycles. The number of nitrogens with two attached hydrogens (primary N) is 1. The highest BCUT2D eigenvalue weighted by Crippen LogP contribution is 2.26. The molecule has 0 spiro atoms. The van der Waals surface area contributed by atoms with Gasteiger partial charge in [0.15, 0.2) is 0 Å². The molecular weight excluding hydrogens is 393 g/mol. The minimum Gasteiger partial charge on any atom is -0.465 e. The van der Waals surface area contributed by atoms with Gasteiger partial charge < -0.3 is 10.5 Å². The summed E-state index contributed by atoms with van der Waals surface area (Å²) in [7, 11) is 1.20. The largest absolute Gasteiger partial charge is 0.465 e. The second-order valence-corrected chi connectivity index (χ2v) is 6.54. The molecule has 0 aliphatic carbocycles. The van der Waals surface area contributed by atoms with E-state index in [-0.39, 0.29) is 22.5 Å². The Kier molecular flexibility index (Phi) is 4.42. The van der Waals surface area contributed by atoms with Gasteiger partial charge in [-0.2, -0.15) is 0 Å². The van der Waals surface area contributed by atoms with Gasteiger partial charge >= 0.3 is 5.97 Å². The number of carbonyl (C=O) groups is 3. The van der Waals surface area contributed by atoms with E-state index in [4.69, 9.17) is 5.73 Å². The zero-order valence-electron chi connectivity index (χ0n) is 15.6. The number of hydrogen-bond donors (Lipinski definition) is 2. The van der Waals surface area contributed by atoms with Gasteiger partial charge in [-0.1, -0.05) is 12.1 Å². The van der Waals surface area contributed by atoms with Gasteiger partial charge in [0, 0.05) is 6.07 Å². The second-order valence-electron chi connectivity index (χ2n) is 6.54. The van der Waals surface area contributed by atoms with Crippen LogP contribution in [0, 0.1) is 5.82 Å². The van der Waals surface area contributed by atoms with Crippen LogP contribution in [0.2, 0.25) is 0 Å². The highest BCUT2D eigenvalue weighted by molar-refractivity contribution is 6.23. The van der Waals surface area contributed by atoms with Crippen LogP contribution in [0.5, 0.6) is 0 Å². The van der Waals surface area contributed by atoms with Crippen LogP contribution in [0.15, 0.2) is 53.3 Å². The van der Waals surface area contributed by atoms with Gasteiger partial charge in [-0.15, -0.1) is 0 Å². The van der Waals surface area contributed by atoms with E-state index in [1.54, 1.807) is 24.3 Å². The average molecular weight is 407 g/mol. The van der Waals surface area contributed by atoms with Gasteiger partial charge in [0.05, 0.1) is 29.5 Å². The van der Waals surface area contributed by atoms with Crippen LogP contribution >= 0.6 is 0 Å². The zero-order valence-corrected chi connectivity index (χ0v) is 15.6. The minimum absolute atomic E-state index is 0.0588. The third kappa shape index (κ3) is 3.02. The van der Waals surface area contributed by atoms with Crippen LogP contribution in [0.4, 0.5) is 10.2 Å². The van der Waals surface area contributed by atoms with Crippen molar-refractivity contribution in [3.05, 3.63) is 81.4 Å². The van der Waals surface area contributed by atoms with Crippen LogP contribution in [0.1, 0.15) is 31.1 Å². The number of fused-ring (bicyclic) bond motifs is 1. The number of esters is 1. The Hall–Kier alpha value is -4.27. The van der Waals surface area contributed by atoms with Crippen molar-refractivity contribution in [2.75, 3.05) is 12.8 Å². The zero-order chi connectivity index (χ0) is 21.6. The lowest BCUT2D eigenvalue weighted by molar-refractivity contribution is 0.0599.